The molecule has 5 atom stereocenters. The summed E-state index contributed by atoms with van der Waals surface area (Å²) in [4.78, 5) is 31.4. The first kappa shape index (κ1) is 20.5. The summed E-state index contributed by atoms with van der Waals surface area (Å²) in [6.45, 7) is 4.00. The number of aromatic amines is 1. The summed E-state index contributed by atoms with van der Waals surface area (Å²) < 4.78 is 0. The third-order valence-corrected chi connectivity index (χ3v) is 8.52. The van der Waals surface area contributed by atoms with E-state index in [0.717, 1.165) is 43.0 Å². The van der Waals surface area contributed by atoms with Crippen molar-refractivity contribution in [3.05, 3.63) is 65.9 Å². The number of nitrogens with one attached hydrogen (secondary N) is 1. The third kappa shape index (κ3) is 2.96. The lowest BCUT2D eigenvalue weighted by molar-refractivity contribution is -0.142. The van der Waals surface area contributed by atoms with Gasteiger partial charge in [0.25, 0.3) is 5.91 Å². The number of benzene rings is 2. The summed E-state index contributed by atoms with van der Waals surface area (Å²) in [5.74, 6) is 0.118. The molecular weight excluding hydrogens is 412 g/mol. The fourth-order valence-electron chi connectivity index (χ4n) is 7.17. The Morgan fingerprint density at radius 2 is 1.73 bits per heavy atom. The average Bonchev–Trinajstić information content (AvgIpc) is 3.37. The van der Waals surface area contributed by atoms with Gasteiger partial charge in [-0.15, -0.1) is 0 Å². The highest BCUT2D eigenvalue weighted by Crippen LogP contribution is 2.56. The van der Waals surface area contributed by atoms with Gasteiger partial charge in [-0.3, -0.25) is 14.7 Å². The molecular formula is C27H30N4O2. The van der Waals surface area contributed by atoms with Gasteiger partial charge in [0.05, 0.1) is 17.6 Å². The van der Waals surface area contributed by atoms with Crippen LogP contribution in [0.5, 0.6) is 0 Å². The Bertz CT molecular complexity index is 1220. The van der Waals surface area contributed by atoms with Crippen LogP contribution in [0.3, 0.4) is 0 Å². The number of para-hydroxylation sites is 1. The zero-order valence-electron chi connectivity index (χ0n) is 19.2. The third-order valence-electron chi connectivity index (χ3n) is 8.52. The van der Waals surface area contributed by atoms with E-state index in [2.05, 4.69) is 39.1 Å². The molecule has 1 aromatic heterocycles. The van der Waals surface area contributed by atoms with Crippen LogP contribution in [0.25, 0.3) is 10.9 Å². The predicted octanol–water partition coefficient (Wildman–Crippen LogP) is 4.18. The van der Waals surface area contributed by atoms with E-state index in [4.69, 9.17) is 0 Å². The quantitative estimate of drug-likeness (QED) is 0.662. The van der Waals surface area contributed by atoms with Gasteiger partial charge < -0.3 is 9.80 Å². The lowest BCUT2D eigenvalue weighted by Gasteiger charge is -2.52. The van der Waals surface area contributed by atoms with E-state index in [1.165, 1.54) is 5.56 Å². The molecule has 2 aliphatic heterocycles. The van der Waals surface area contributed by atoms with Crippen molar-refractivity contribution in [2.45, 2.75) is 70.1 Å². The molecule has 6 nitrogen and oxygen atoms in total. The Morgan fingerprint density at radius 3 is 2.48 bits per heavy atom. The summed E-state index contributed by atoms with van der Waals surface area (Å²) in [7, 11) is 0. The van der Waals surface area contributed by atoms with Crippen LogP contribution in [-0.2, 0) is 11.2 Å². The lowest BCUT2D eigenvalue weighted by Crippen LogP contribution is -2.62. The first-order valence-corrected chi connectivity index (χ1v) is 12.1. The first-order chi connectivity index (χ1) is 16.0. The van der Waals surface area contributed by atoms with Crippen LogP contribution in [0.2, 0.25) is 0 Å². The van der Waals surface area contributed by atoms with Crippen molar-refractivity contribution in [3.63, 3.8) is 0 Å². The second-order valence-electron chi connectivity index (χ2n) is 10.3. The van der Waals surface area contributed by atoms with Crippen LogP contribution in [0.15, 0.2) is 54.6 Å². The topological polar surface area (TPSA) is 69.3 Å². The number of fused-ring (bicyclic) bond motifs is 2. The number of carbonyl (C=O) groups excluding carboxylic acids is 2. The van der Waals surface area contributed by atoms with Crippen molar-refractivity contribution in [3.8, 4) is 0 Å². The highest BCUT2D eigenvalue weighted by molar-refractivity contribution is 6.05. The predicted molar refractivity (Wildman–Crippen MR) is 127 cm³/mol. The summed E-state index contributed by atoms with van der Waals surface area (Å²) >= 11 is 0. The Balaban J connectivity index is 1.46. The second kappa shape index (κ2) is 7.44. The van der Waals surface area contributed by atoms with Gasteiger partial charge in [0, 0.05) is 29.8 Å². The molecule has 3 fully saturated rings. The molecule has 3 aromatic rings. The normalized spacial score (nSPS) is 30.6. The molecule has 1 aliphatic carbocycles. The van der Waals surface area contributed by atoms with E-state index in [-0.39, 0.29) is 41.4 Å². The number of hydrogen-bond acceptors (Lipinski definition) is 3. The highest BCUT2D eigenvalue weighted by atomic mass is 16.2. The van der Waals surface area contributed by atoms with Crippen molar-refractivity contribution < 1.29 is 9.59 Å². The van der Waals surface area contributed by atoms with Gasteiger partial charge >= 0.3 is 0 Å². The number of piperidine rings is 1. The molecule has 2 amide bonds. The van der Waals surface area contributed by atoms with E-state index in [0.29, 0.717) is 5.69 Å². The molecule has 3 aliphatic rings. The number of amides is 2. The van der Waals surface area contributed by atoms with E-state index in [1.54, 1.807) is 6.92 Å². The minimum Gasteiger partial charge on any atom is -0.334 e. The van der Waals surface area contributed by atoms with Crippen molar-refractivity contribution in [2.24, 2.45) is 5.41 Å². The minimum absolute atomic E-state index is 0.00436. The molecule has 0 radical (unpaired) electrons. The maximum absolute atomic E-state index is 14.1. The number of H-pyrrole nitrogens is 1. The fraction of sp³-hybridized carbons (Fsp3) is 0.444. The Kier molecular flexibility index (Phi) is 4.61. The molecule has 2 bridgehead atoms. The smallest absolute Gasteiger partial charge is 0.275 e. The SMILES string of the molecule is CC(=O)N1[C@H](Cc2ccccc2)[C@@H]2C[C@@]3(C)[C@H](CCC[C@@H]13)N2C(=O)c1n[nH]c2ccccc12. The molecule has 1 saturated carbocycles. The lowest BCUT2D eigenvalue weighted by atomic mass is 9.64. The number of aromatic nitrogens is 2. The molecule has 2 aromatic carbocycles. The maximum Gasteiger partial charge on any atom is 0.275 e. The van der Waals surface area contributed by atoms with Gasteiger partial charge in [0.1, 0.15) is 0 Å². The standard InChI is InChI=1S/C27H30N4O2/c1-17(32)30-21(15-18-9-4-3-5-10-18)22-16-27(2)23(30)13-8-14-24(27)31(22)26(33)25-19-11-6-7-12-20(19)28-29-25/h3-7,9-12,21-24H,8,13-16H2,1-2H3,(H,28,29)/t21-,22+,23-,24+,27-/m1/s1. The van der Waals surface area contributed by atoms with Crippen LogP contribution in [-0.4, -0.2) is 56.0 Å². The van der Waals surface area contributed by atoms with Crippen molar-refractivity contribution in [1.82, 2.24) is 20.0 Å². The molecule has 1 N–H and O–H groups in total. The summed E-state index contributed by atoms with van der Waals surface area (Å²) in [6.07, 6.45) is 4.73. The van der Waals surface area contributed by atoms with Crippen molar-refractivity contribution >= 4 is 22.7 Å². The van der Waals surface area contributed by atoms with Crippen LogP contribution in [0, 0.1) is 5.41 Å². The fourth-order valence-corrected chi connectivity index (χ4v) is 7.17. The van der Waals surface area contributed by atoms with Gasteiger partial charge in [0.15, 0.2) is 5.69 Å². The highest BCUT2D eigenvalue weighted by Gasteiger charge is 2.64. The number of hydrogen-bond donors (Lipinski definition) is 1. The van der Waals surface area contributed by atoms with Gasteiger partial charge in [-0.2, -0.15) is 5.10 Å². The van der Waals surface area contributed by atoms with Gasteiger partial charge in [0.2, 0.25) is 5.91 Å². The molecule has 6 rings (SSSR count). The Hall–Kier alpha value is -3.15. The van der Waals surface area contributed by atoms with Crippen LogP contribution >= 0.6 is 0 Å². The Labute approximate surface area is 194 Å². The monoisotopic (exact) mass is 442 g/mol. The zero-order valence-corrected chi connectivity index (χ0v) is 19.2. The van der Waals surface area contributed by atoms with Crippen LogP contribution in [0.1, 0.15) is 55.6 Å². The van der Waals surface area contributed by atoms with Crippen LogP contribution in [0.4, 0.5) is 0 Å². The van der Waals surface area contributed by atoms with Crippen LogP contribution < -0.4 is 0 Å². The summed E-state index contributed by atoms with van der Waals surface area (Å²) in [5.41, 5.74) is 2.50. The average molecular weight is 443 g/mol. The van der Waals surface area contributed by atoms with Gasteiger partial charge in [-0.1, -0.05) is 55.5 Å². The number of rotatable bonds is 3. The van der Waals surface area contributed by atoms with E-state index < -0.39 is 0 Å². The van der Waals surface area contributed by atoms with Gasteiger partial charge in [-0.25, -0.2) is 0 Å². The molecule has 170 valence electrons. The van der Waals surface area contributed by atoms with E-state index in [1.807, 2.05) is 42.5 Å². The molecule has 0 spiro atoms. The minimum atomic E-state index is -0.0798. The van der Waals surface area contributed by atoms with E-state index in [9.17, 15) is 9.59 Å². The molecule has 33 heavy (non-hydrogen) atoms. The molecule has 0 unspecified atom stereocenters. The van der Waals surface area contributed by atoms with E-state index >= 15 is 0 Å². The second-order valence-corrected chi connectivity index (χ2v) is 10.3. The molecule has 2 saturated heterocycles. The zero-order chi connectivity index (χ0) is 22.7. The maximum atomic E-state index is 14.1. The number of nitrogens with zero attached hydrogens (tertiary/aromatic N) is 3. The molecule has 3 heterocycles. The summed E-state index contributed by atoms with van der Waals surface area (Å²) in [5, 5.41) is 8.35. The number of likely N-dealkylation sites (tertiary alicyclic amines) is 2. The van der Waals surface area contributed by atoms with Crippen molar-refractivity contribution in [2.75, 3.05) is 0 Å². The number of carbonyl (C=O) groups is 2. The van der Waals surface area contributed by atoms with Crippen molar-refractivity contribution in [1.29, 1.82) is 0 Å². The first-order valence-electron chi connectivity index (χ1n) is 12.1. The van der Waals surface area contributed by atoms with Gasteiger partial charge in [-0.05, 0) is 43.7 Å². The Morgan fingerprint density at radius 1 is 1.03 bits per heavy atom. The largest absolute Gasteiger partial charge is 0.334 e. The molecule has 6 heteroatoms. The summed E-state index contributed by atoms with van der Waals surface area (Å²) in [6, 6.07) is 18.4.